The summed E-state index contributed by atoms with van der Waals surface area (Å²) >= 11 is 0. The molecule has 1 unspecified atom stereocenters. The van der Waals surface area contributed by atoms with Gasteiger partial charge in [-0.05, 0) is 37.6 Å². The minimum Gasteiger partial charge on any atom is -0.464 e. The van der Waals surface area contributed by atoms with Gasteiger partial charge in [-0.25, -0.2) is 9.78 Å². The van der Waals surface area contributed by atoms with E-state index in [0.717, 1.165) is 22.2 Å². The second-order valence-electron chi connectivity index (χ2n) is 9.60. The Morgan fingerprint density at radius 2 is 1.70 bits per heavy atom. The van der Waals surface area contributed by atoms with E-state index in [1.165, 1.54) is 6.07 Å². The number of nitrogens with zero attached hydrogens (tertiary/aromatic N) is 1. The molecule has 8 heteroatoms. The third-order valence-electron chi connectivity index (χ3n) is 6.61. The fourth-order valence-corrected chi connectivity index (χ4v) is 4.57. The van der Waals surface area contributed by atoms with Gasteiger partial charge in [-0.1, -0.05) is 66.2 Å². The molecule has 0 aliphatic rings. The Bertz CT molecular complexity index is 1700. The van der Waals surface area contributed by atoms with E-state index < -0.39 is 17.9 Å². The lowest BCUT2D eigenvalue weighted by Crippen LogP contribution is -2.43. The summed E-state index contributed by atoms with van der Waals surface area (Å²) < 4.78 is 11.4. The van der Waals surface area contributed by atoms with Gasteiger partial charge in [0, 0.05) is 34.5 Å². The maximum atomic E-state index is 13.3. The van der Waals surface area contributed by atoms with E-state index in [1.54, 1.807) is 18.2 Å². The molecule has 2 aromatic heterocycles. The molecule has 0 radical (unpaired) electrons. The molecule has 5 aromatic rings. The normalized spacial score (nSPS) is 11.8. The molecule has 1 atom stereocenters. The van der Waals surface area contributed by atoms with E-state index in [1.807, 2.05) is 74.5 Å². The number of oxazole rings is 1. The van der Waals surface area contributed by atoms with Crippen molar-refractivity contribution in [3.8, 4) is 11.3 Å². The van der Waals surface area contributed by atoms with E-state index in [0.29, 0.717) is 28.3 Å². The monoisotopic (exact) mass is 535 g/mol. The third-order valence-corrected chi connectivity index (χ3v) is 6.61. The van der Waals surface area contributed by atoms with Crippen LogP contribution in [0.1, 0.15) is 33.1 Å². The molecule has 0 spiro atoms. The number of pyridine rings is 1. The number of aromatic amines is 1. The molecule has 202 valence electrons. The highest BCUT2D eigenvalue weighted by molar-refractivity contribution is 5.97. The first-order valence-corrected chi connectivity index (χ1v) is 13.0. The fourth-order valence-electron chi connectivity index (χ4n) is 4.57. The number of nitrogens with one attached hydrogen (secondary N) is 2. The Kier molecular flexibility index (Phi) is 7.87. The maximum Gasteiger partial charge on any atom is 0.329 e. The number of carbonyl (C=O) groups excluding carboxylic acids is 2. The zero-order valence-corrected chi connectivity index (χ0v) is 22.3. The minimum absolute atomic E-state index is 0.0139. The lowest BCUT2D eigenvalue weighted by atomic mass is 10.0. The molecule has 5 rings (SSSR count). The number of fused-ring (bicyclic) bond motifs is 1. The molecule has 0 saturated carbocycles. The summed E-state index contributed by atoms with van der Waals surface area (Å²) in [5.74, 6) is 0.102. The first-order valence-electron chi connectivity index (χ1n) is 13.0. The standard InChI is InChI=1S/C32H29N3O5/c1-20-12-14-23(15-13-20)31(37)34-27(18-24-19-28(36)33-26-11-7-6-10-25(24)26)32(38)39-17-16-29-35-30(21(2)40-29)22-8-4-3-5-9-22/h3-15,19,27H,16-18H2,1-2H3,(H,33,36)(H,34,37). The third kappa shape index (κ3) is 6.18. The Morgan fingerprint density at radius 1 is 0.975 bits per heavy atom. The zero-order valence-electron chi connectivity index (χ0n) is 22.3. The quantitative estimate of drug-likeness (QED) is 0.259. The second-order valence-corrected chi connectivity index (χ2v) is 9.60. The van der Waals surface area contributed by atoms with Gasteiger partial charge in [-0.15, -0.1) is 0 Å². The van der Waals surface area contributed by atoms with Crippen LogP contribution in [0.3, 0.4) is 0 Å². The number of esters is 1. The van der Waals surface area contributed by atoms with Crippen molar-refractivity contribution in [2.75, 3.05) is 6.61 Å². The molecule has 0 bridgehead atoms. The smallest absolute Gasteiger partial charge is 0.329 e. The van der Waals surface area contributed by atoms with Crippen molar-refractivity contribution in [3.05, 3.63) is 124 Å². The lowest BCUT2D eigenvalue weighted by Gasteiger charge is -2.19. The molecule has 1 amide bonds. The van der Waals surface area contributed by atoms with Crippen molar-refractivity contribution in [2.24, 2.45) is 0 Å². The van der Waals surface area contributed by atoms with E-state index in [4.69, 9.17) is 9.15 Å². The van der Waals surface area contributed by atoms with Crippen LogP contribution in [0.5, 0.6) is 0 Å². The molecule has 2 N–H and O–H groups in total. The minimum atomic E-state index is -1.02. The van der Waals surface area contributed by atoms with Gasteiger partial charge >= 0.3 is 5.97 Å². The van der Waals surface area contributed by atoms with Crippen LogP contribution in [0.4, 0.5) is 0 Å². The van der Waals surface area contributed by atoms with Crippen LogP contribution in [0.25, 0.3) is 22.2 Å². The second kappa shape index (κ2) is 11.8. The maximum absolute atomic E-state index is 13.3. The summed E-state index contributed by atoms with van der Waals surface area (Å²) in [5.41, 5.74) is 4.10. The molecule has 3 aromatic carbocycles. The molecule has 8 nitrogen and oxygen atoms in total. The number of benzene rings is 3. The van der Waals surface area contributed by atoms with Gasteiger partial charge in [0.1, 0.15) is 24.1 Å². The van der Waals surface area contributed by atoms with Crippen molar-refractivity contribution in [2.45, 2.75) is 32.7 Å². The fraction of sp³-hybridized carbons (Fsp3) is 0.188. The van der Waals surface area contributed by atoms with Crippen molar-refractivity contribution < 1.29 is 18.7 Å². The Balaban J connectivity index is 1.33. The number of aryl methyl sites for hydroxylation is 2. The highest BCUT2D eigenvalue weighted by Gasteiger charge is 2.25. The highest BCUT2D eigenvalue weighted by atomic mass is 16.5. The predicted molar refractivity (Wildman–Crippen MR) is 152 cm³/mol. The summed E-state index contributed by atoms with van der Waals surface area (Å²) in [6.45, 7) is 3.78. The van der Waals surface area contributed by atoms with Crippen LogP contribution in [-0.4, -0.2) is 34.5 Å². The van der Waals surface area contributed by atoms with Crippen LogP contribution in [0.15, 0.2) is 94.1 Å². The first-order chi connectivity index (χ1) is 19.4. The average Bonchev–Trinajstić information content (AvgIpc) is 3.33. The average molecular weight is 536 g/mol. The van der Waals surface area contributed by atoms with Crippen LogP contribution in [0.2, 0.25) is 0 Å². The Hall–Kier alpha value is -4.98. The van der Waals surface area contributed by atoms with Crippen LogP contribution < -0.4 is 10.9 Å². The van der Waals surface area contributed by atoms with E-state index >= 15 is 0 Å². The zero-order chi connectivity index (χ0) is 28.1. The SMILES string of the molecule is Cc1ccc(C(=O)NC(Cc2cc(=O)[nH]c3ccccc23)C(=O)OCCc2nc(-c3ccccc3)c(C)o2)cc1. The molecular weight excluding hydrogens is 506 g/mol. The van der Waals surface area contributed by atoms with Gasteiger partial charge in [-0.2, -0.15) is 0 Å². The predicted octanol–water partition coefficient (Wildman–Crippen LogP) is 4.93. The van der Waals surface area contributed by atoms with Crippen LogP contribution in [-0.2, 0) is 22.4 Å². The number of carbonyl (C=O) groups is 2. The number of para-hydroxylation sites is 1. The summed E-state index contributed by atoms with van der Waals surface area (Å²) in [4.78, 5) is 46.0. The summed E-state index contributed by atoms with van der Waals surface area (Å²) in [5, 5.41) is 3.59. The number of amides is 1. The molecule has 0 aliphatic carbocycles. The number of hydrogen-bond acceptors (Lipinski definition) is 6. The Morgan fingerprint density at radius 3 is 2.48 bits per heavy atom. The summed E-state index contributed by atoms with van der Waals surface area (Å²) in [7, 11) is 0. The van der Waals surface area contributed by atoms with E-state index in [2.05, 4.69) is 15.3 Å². The van der Waals surface area contributed by atoms with Crippen LogP contribution in [0, 0.1) is 13.8 Å². The summed E-state index contributed by atoms with van der Waals surface area (Å²) in [6.07, 6.45) is 0.350. The van der Waals surface area contributed by atoms with Crippen molar-refractivity contribution in [1.29, 1.82) is 0 Å². The first kappa shape index (κ1) is 26.6. The highest BCUT2D eigenvalue weighted by Crippen LogP contribution is 2.23. The largest absolute Gasteiger partial charge is 0.464 e. The summed E-state index contributed by atoms with van der Waals surface area (Å²) in [6, 6.07) is 24.5. The van der Waals surface area contributed by atoms with Crippen LogP contribution >= 0.6 is 0 Å². The number of rotatable bonds is 9. The number of H-pyrrole nitrogens is 1. The molecule has 0 fully saturated rings. The number of ether oxygens (including phenoxy) is 1. The molecule has 40 heavy (non-hydrogen) atoms. The van der Waals surface area contributed by atoms with E-state index in [9.17, 15) is 14.4 Å². The van der Waals surface area contributed by atoms with Gasteiger partial charge in [0.05, 0.1) is 6.42 Å². The van der Waals surface area contributed by atoms with Gasteiger partial charge in [-0.3, -0.25) is 9.59 Å². The Labute approximate surface area is 231 Å². The number of aromatic nitrogens is 2. The van der Waals surface area contributed by atoms with E-state index in [-0.39, 0.29) is 25.0 Å². The van der Waals surface area contributed by atoms with Crippen molar-refractivity contribution in [3.63, 3.8) is 0 Å². The van der Waals surface area contributed by atoms with Crippen molar-refractivity contribution >= 4 is 22.8 Å². The molecule has 0 saturated heterocycles. The molecular formula is C32H29N3O5. The lowest BCUT2D eigenvalue weighted by molar-refractivity contribution is -0.145. The van der Waals surface area contributed by atoms with Gasteiger partial charge in [0.2, 0.25) is 5.56 Å². The van der Waals surface area contributed by atoms with Gasteiger partial charge < -0.3 is 19.5 Å². The van der Waals surface area contributed by atoms with Gasteiger partial charge in [0.15, 0.2) is 5.89 Å². The molecule has 2 heterocycles. The van der Waals surface area contributed by atoms with Gasteiger partial charge in [0.25, 0.3) is 5.91 Å². The molecule has 0 aliphatic heterocycles. The number of hydrogen-bond donors (Lipinski definition) is 2. The topological polar surface area (TPSA) is 114 Å². The van der Waals surface area contributed by atoms with Crippen molar-refractivity contribution in [1.82, 2.24) is 15.3 Å².